The third-order valence-electron chi connectivity index (χ3n) is 1.09. The van der Waals surface area contributed by atoms with E-state index >= 15 is 0 Å². The van der Waals surface area contributed by atoms with Gasteiger partial charge in [0, 0.05) is 6.04 Å². The van der Waals surface area contributed by atoms with Gasteiger partial charge in [0.25, 0.3) is 0 Å². The molecule has 0 saturated carbocycles. The van der Waals surface area contributed by atoms with Crippen molar-refractivity contribution in [3.05, 3.63) is 0 Å². The Morgan fingerprint density at radius 3 is 2.67 bits per heavy atom. The summed E-state index contributed by atoms with van der Waals surface area (Å²) >= 11 is 0. The van der Waals surface area contributed by atoms with Gasteiger partial charge in [-0.15, -0.1) is 0 Å². The van der Waals surface area contributed by atoms with Crippen molar-refractivity contribution in [1.29, 1.82) is 0 Å². The molecule has 2 N–H and O–H groups in total. The van der Waals surface area contributed by atoms with Crippen molar-refractivity contribution in [2.24, 2.45) is 0 Å². The highest BCUT2D eigenvalue weighted by molar-refractivity contribution is 5.64. The van der Waals surface area contributed by atoms with Crippen LogP contribution < -0.4 is 5.32 Å². The minimum atomic E-state index is -0.934. The summed E-state index contributed by atoms with van der Waals surface area (Å²) in [5.41, 5.74) is 0. The Kier molecular flexibility index (Phi) is 3.84. The molecular weight excluding hydrogens is 118 g/mol. The average Bonchev–Trinajstić information content (AvgIpc) is 1.63. The molecule has 0 aliphatic carbocycles. The molecule has 1 atom stereocenters. The largest absolute Gasteiger partial charge is 0.465 e. The molecule has 1 amide bonds. The van der Waals surface area contributed by atoms with Gasteiger partial charge in [0.1, 0.15) is 0 Å². The van der Waals surface area contributed by atoms with Crippen molar-refractivity contribution in [3.8, 4) is 0 Å². The first kappa shape index (κ1) is 8.27. The van der Waals surface area contributed by atoms with E-state index in [1.165, 1.54) is 0 Å². The molecule has 0 spiro atoms. The Morgan fingerprint density at radius 1 is 1.78 bits per heavy atom. The third-order valence-corrected chi connectivity index (χ3v) is 1.09. The molecule has 1 unspecified atom stereocenters. The maximum absolute atomic E-state index is 9.97. The topological polar surface area (TPSA) is 49.3 Å². The molecule has 0 heterocycles. The van der Waals surface area contributed by atoms with E-state index in [0.717, 1.165) is 12.8 Å². The normalized spacial score (nSPS) is 12.7. The summed E-state index contributed by atoms with van der Waals surface area (Å²) in [6.07, 6.45) is 0.990. The Hall–Kier alpha value is -0.730. The van der Waals surface area contributed by atoms with Crippen LogP contribution >= 0.6 is 0 Å². The van der Waals surface area contributed by atoms with Gasteiger partial charge in [0.15, 0.2) is 0 Å². The van der Waals surface area contributed by atoms with E-state index in [1.807, 2.05) is 13.8 Å². The van der Waals surface area contributed by atoms with Crippen LogP contribution in [0, 0.1) is 0 Å². The van der Waals surface area contributed by atoms with E-state index in [0.29, 0.717) is 0 Å². The maximum Gasteiger partial charge on any atom is 0.404 e. The molecule has 0 aromatic heterocycles. The first-order valence-electron chi connectivity index (χ1n) is 3.16. The van der Waals surface area contributed by atoms with Gasteiger partial charge in [-0.1, -0.05) is 13.3 Å². The molecule has 9 heavy (non-hydrogen) atoms. The smallest absolute Gasteiger partial charge is 0.404 e. The summed E-state index contributed by atoms with van der Waals surface area (Å²) in [4.78, 5) is 9.97. The molecule has 0 aliphatic rings. The molecule has 3 heteroatoms. The Bertz CT molecular complexity index is 93.1. The van der Waals surface area contributed by atoms with E-state index < -0.39 is 6.09 Å². The summed E-state index contributed by atoms with van der Waals surface area (Å²) < 4.78 is 0. The van der Waals surface area contributed by atoms with Crippen LogP contribution in [0.3, 0.4) is 0 Å². The SMILES string of the molecule is CCCC(C)NC(=O)O. The lowest BCUT2D eigenvalue weighted by atomic mass is 10.2. The fraction of sp³-hybridized carbons (Fsp3) is 0.833. The van der Waals surface area contributed by atoms with Crippen LogP contribution in [-0.2, 0) is 0 Å². The van der Waals surface area contributed by atoms with Gasteiger partial charge < -0.3 is 10.4 Å². The van der Waals surface area contributed by atoms with Gasteiger partial charge in [-0.3, -0.25) is 0 Å². The summed E-state index contributed by atoms with van der Waals surface area (Å²) in [6, 6.07) is 0.0903. The van der Waals surface area contributed by atoms with Crippen LogP contribution in [0.2, 0.25) is 0 Å². The van der Waals surface area contributed by atoms with Crippen molar-refractivity contribution in [2.45, 2.75) is 32.7 Å². The monoisotopic (exact) mass is 131 g/mol. The summed E-state index contributed by atoms with van der Waals surface area (Å²) in [7, 11) is 0. The molecule has 0 bridgehead atoms. The predicted octanol–water partition coefficient (Wildman–Crippen LogP) is 1.44. The lowest BCUT2D eigenvalue weighted by Gasteiger charge is -2.07. The van der Waals surface area contributed by atoms with Crippen LogP contribution in [-0.4, -0.2) is 17.2 Å². The molecule has 0 aromatic carbocycles. The minimum absolute atomic E-state index is 0.0903. The number of carbonyl (C=O) groups is 1. The van der Waals surface area contributed by atoms with Crippen LogP contribution in [0.4, 0.5) is 4.79 Å². The first-order chi connectivity index (χ1) is 4.16. The highest BCUT2D eigenvalue weighted by Gasteiger charge is 2.01. The highest BCUT2D eigenvalue weighted by Crippen LogP contribution is 1.93. The molecule has 0 rings (SSSR count). The van der Waals surface area contributed by atoms with Crippen molar-refractivity contribution in [3.63, 3.8) is 0 Å². The van der Waals surface area contributed by atoms with Crippen molar-refractivity contribution in [1.82, 2.24) is 5.32 Å². The van der Waals surface area contributed by atoms with Gasteiger partial charge in [-0.05, 0) is 13.3 Å². The van der Waals surface area contributed by atoms with Crippen molar-refractivity contribution in [2.75, 3.05) is 0 Å². The number of nitrogens with one attached hydrogen (secondary N) is 1. The Morgan fingerprint density at radius 2 is 2.33 bits per heavy atom. The van der Waals surface area contributed by atoms with E-state index in [9.17, 15) is 4.79 Å². The van der Waals surface area contributed by atoms with E-state index in [-0.39, 0.29) is 6.04 Å². The zero-order valence-electron chi connectivity index (χ0n) is 5.85. The number of hydrogen-bond acceptors (Lipinski definition) is 1. The highest BCUT2D eigenvalue weighted by atomic mass is 16.4. The summed E-state index contributed by atoms with van der Waals surface area (Å²) in [6.45, 7) is 3.89. The molecule has 0 aliphatic heterocycles. The fourth-order valence-electron chi connectivity index (χ4n) is 0.716. The quantitative estimate of drug-likeness (QED) is 0.609. The van der Waals surface area contributed by atoms with Gasteiger partial charge in [0.05, 0.1) is 0 Å². The van der Waals surface area contributed by atoms with Crippen LogP contribution in [0.5, 0.6) is 0 Å². The maximum atomic E-state index is 9.97. The second-order valence-corrected chi connectivity index (χ2v) is 2.14. The van der Waals surface area contributed by atoms with Crippen LogP contribution in [0.25, 0.3) is 0 Å². The molecule has 0 aromatic rings. The van der Waals surface area contributed by atoms with E-state index in [1.54, 1.807) is 0 Å². The number of hydrogen-bond donors (Lipinski definition) is 2. The zero-order valence-corrected chi connectivity index (χ0v) is 5.85. The minimum Gasteiger partial charge on any atom is -0.465 e. The summed E-state index contributed by atoms with van der Waals surface area (Å²) in [5.74, 6) is 0. The zero-order chi connectivity index (χ0) is 7.28. The average molecular weight is 131 g/mol. The molecular formula is C6H13NO2. The first-order valence-corrected chi connectivity index (χ1v) is 3.16. The van der Waals surface area contributed by atoms with Crippen LogP contribution in [0.1, 0.15) is 26.7 Å². The third kappa shape index (κ3) is 5.14. The van der Waals surface area contributed by atoms with E-state index in [4.69, 9.17) is 5.11 Å². The molecule has 3 nitrogen and oxygen atoms in total. The number of rotatable bonds is 3. The Labute approximate surface area is 55.1 Å². The molecule has 54 valence electrons. The van der Waals surface area contributed by atoms with Crippen molar-refractivity contribution < 1.29 is 9.90 Å². The fourth-order valence-corrected chi connectivity index (χ4v) is 0.716. The number of amides is 1. The lowest BCUT2D eigenvalue weighted by Crippen LogP contribution is -2.30. The molecule has 0 fully saturated rings. The van der Waals surface area contributed by atoms with Crippen molar-refractivity contribution >= 4 is 6.09 Å². The van der Waals surface area contributed by atoms with Crippen LogP contribution in [0.15, 0.2) is 0 Å². The predicted molar refractivity (Wildman–Crippen MR) is 35.5 cm³/mol. The number of carboxylic acid groups (broad SMARTS) is 1. The van der Waals surface area contributed by atoms with E-state index in [2.05, 4.69) is 5.32 Å². The van der Waals surface area contributed by atoms with Gasteiger partial charge >= 0.3 is 6.09 Å². The van der Waals surface area contributed by atoms with Gasteiger partial charge in [0.2, 0.25) is 0 Å². The molecule has 0 radical (unpaired) electrons. The Balaban J connectivity index is 3.26. The lowest BCUT2D eigenvalue weighted by molar-refractivity contribution is 0.190. The molecule has 0 saturated heterocycles. The second-order valence-electron chi connectivity index (χ2n) is 2.14. The second kappa shape index (κ2) is 4.18. The van der Waals surface area contributed by atoms with Gasteiger partial charge in [-0.25, -0.2) is 4.79 Å². The standard InChI is InChI=1S/C6H13NO2/c1-3-4-5(2)7-6(8)9/h5,7H,3-4H2,1-2H3,(H,8,9). The summed E-state index contributed by atoms with van der Waals surface area (Å²) in [5, 5.41) is 10.6. The van der Waals surface area contributed by atoms with Gasteiger partial charge in [-0.2, -0.15) is 0 Å².